The molecule has 1 aliphatic carbocycles. The molecule has 0 unspecified atom stereocenters. The number of hydrogen-bond acceptors (Lipinski definition) is 6. The molecule has 0 spiro atoms. The molecule has 0 saturated carbocycles. The maximum absolute atomic E-state index is 13.1. The van der Waals surface area contributed by atoms with Crippen molar-refractivity contribution in [3.63, 3.8) is 0 Å². The number of ketones is 1. The van der Waals surface area contributed by atoms with E-state index in [1.54, 1.807) is 11.3 Å². The number of carbonyl (C=O) groups excluding carboxylic acids is 1. The number of aromatic nitrogens is 1. The molecule has 0 atom stereocenters. The van der Waals surface area contributed by atoms with Gasteiger partial charge in [0.1, 0.15) is 9.22 Å². The molecule has 168 valence electrons. The van der Waals surface area contributed by atoms with Crippen LogP contribution in [0.4, 0.5) is 0 Å². The van der Waals surface area contributed by atoms with Crippen LogP contribution in [-0.4, -0.2) is 25.4 Å². The first-order valence-electron chi connectivity index (χ1n) is 10.6. The Kier molecular flexibility index (Phi) is 5.39. The van der Waals surface area contributed by atoms with E-state index in [1.165, 1.54) is 17.6 Å². The molecule has 33 heavy (non-hydrogen) atoms. The predicted octanol–water partition coefficient (Wildman–Crippen LogP) is 6.76. The first-order valence-corrected chi connectivity index (χ1v) is 14.2. The van der Waals surface area contributed by atoms with Gasteiger partial charge in [0.2, 0.25) is 0 Å². The molecule has 4 nitrogen and oxygen atoms in total. The van der Waals surface area contributed by atoms with Gasteiger partial charge in [0.15, 0.2) is 15.6 Å². The minimum atomic E-state index is -3.53. The summed E-state index contributed by atoms with van der Waals surface area (Å²) in [5.41, 5.74) is 3.92. The average Bonchev–Trinajstić information content (AvgIpc) is 3.36. The topological polar surface area (TPSA) is 64.1 Å². The van der Waals surface area contributed by atoms with Gasteiger partial charge in [0, 0.05) is 18.2 Å². The molecule has 0 bridgehead atoms. The van der Waals surface area contributed by atoms with E-state index >= 15 is 0 Å². The summed E-state index contributed by atoms with van der Waals surface area (Å²) in [6, 6.07) is 20.1. The number of thiazole rings is 1. The van der Waals surface area contributed by atoms with E-state index in [-0.39, 0.29) is 15.4 Å². The van der Waals surface area contributed by atoms with Crippen molar-refractivity contribution in [3.05, 3.63) is 71.8 Å². The zero-order chi connectivity index (χ0) is 23.4. The maximum Gasteiger partial charge on any atom is 0.185 e. The number of hydrogen-bond donors (Lipinski definition) is 0. The van der Waals surface area contributed by atoms with Crippen LogP contribution in [0, 0.1) is 5.41 Å². The quantitative estimate of drug-likeness (QED) is 0.315. The lowest BCUT2D eigenvalue weighted by molar-refractivity contribution is 0.0910. The van der Waals surface area contributed by atoms with Gasteiger partial charge in [0.05, 0.1) is 21.0 Å². The monoisotopic (exact) mass is 493 g/mol. The van der Waals surface area contributed by atoms with Crippen molar-refractivity contribution >= 4 is 38.3 Å². The summed E-state index contributed by atoms with van der Waals surface area (Å²) >= 11 is 2.74. The molecule has 0 aliphatic heterocycles. The highest BCUT2D eigenvalue weighted by molar-refractivity contribution is 7.93. The summed E-state index contributed by atoms with van der Waals surface area (Å²) in [6.07, 6.45) is 2.18. The van der Waals surface area contributed by atoms with Gasteiger partial charge in [-0.3, -0.25) is 4.79 Å². The van der Waals surface area contributed by atoms with E-state index in [2.05, 4.69) is 26.0 Å². The molecule has 0 saturated heterocycles. The summed E-state index contributed by atoms with van der Waals surface area (Å²) in [6.45, 7) is 4.12. The Hall–Kier alpha value is -2.61. The van der Waals surface area contributed by atoms with Crippen molar-refractivity contribution in [3.8, 4) is 31.6 Å². The van der Waals surface area contributed by atoms with Crippen molar-refractivity contribution in [2.24, 2.45) is 5.41 Å². The smallest absolute Gasteiger partial charge is 0.185 e. The van der Waals surface area contributed by atoms with Crippen LogP contribution in [0.1, 0.15) is 36.2 Å². The summed E-state index contributed by atoms with van der Waals surface area (Å²) in [5, 5.41) is 0.759. The lowest BCUT2D eigenvalue weighted by atomic mass is 9.74. The lowest BCUT2D eigenvalue weighted by Crippen LogP contribution is -2.27. The second-order valence-corrected chi connectivity index (χ2v) is 13.4. The van der Waals surface area contributed by atoms with Crippen LogP contribution in [0.2, 0.25) is 0 Å². The third kappa shape index (κ3) is 4.09. The van der Waals surface area contributed by atoms with Crippen molar-refractivity contribution in [2.45, 2.75) is 30.9 Å². The third-order valence-corrected chi connectivity index (χ3v) is 10.1. The molecule has 4 aromatic rings. The largest absolute Gasteiger partial charge is 0.294 e. The van der Waals surface area contributed by atoms with Crippen molar-refractivity contribution in [2.75, 3.05) is 6.26 Å². The van der Waals surface area contributed by atoms with E-state index in [0.717, 1.165) is 37.1 Å². The standard InChI is InChI=1S/C26H23NO3S3/c1-26(2)14-18-20(19(28)15-26)25(33(3,29)30)32-23(18)24-27-21(16-10-6-4-7-11-16)22(31-24)17-12-8-5-9-13-17/h4-13H,14-15H2,1-3H3. The van der Waals surface area contributed by atoms with Gasteiger partial charge in [-0.15, -0.1) is 22.7 Å². The van der Waals surface area contributed by atoms with Crippen LogP contribution in [-0.2, 0) is 16.3 Å². The third-order valence-electron chi connectivity index (χ3n) is 5.79. The fourth-order valence-electron chi connectivity index (χ4n) is 4.38. The second-order valence-electron chi connectivity index (χ2n) is 9.21. The van der Waals surface area contributed by atoms with Crippen LogP contribution < -0.4 is 0 Å². The Balaban J connectivity index is 1.78. The average molecular weight is 494 g/mol. The summed E-state index contributed by atoms with van der Waals surface area (Å²) < 4.78 is 25.4. The fourth-order valence-corrected chi connectivity index (χ4v) is 8.11. The molecule has 2 heterocycles. The Morgan fingerprint density at radius 3 is 2.06 bits per heavy atom. The van der Waals surface area contributed by atoms with Crippen molar-refractivity contribution < 1.29 is 13.2 Å². The van der Waals surface area contributed by atoms with Crippen LogP contribution in [0.15, 0.2) is 64.9 Å². The molecular weight excluding hydrogens is 470 g/mol. The number of thiophene rings is 1. The highest BCUT2D eigenvalue weighted by Gasteiger charge is 2.39. The minimum Gasteiger partial charge on any atom is -0.294 e. The zero-order valence-electron chi connectivity index (χ0n) is 18.6. The van der Waals surface area contributed by atoms with E-state index in [0.29, 0.717) is 18.4 Å². The SMILES string of the molecule is CC1(C)CC(=O)c2c(S(C)(=O)=O)sc(-c3nc(-c4ccccc4)c(-c4ccccc4)s3)c2C1. The van der Waals surface area contributed by atoms with Crippen molar-refractivity contribution in [1.82, 2.24) is 4.98 Å². The molecule has 0 fully saturated rings. The number of benzene rings is 2. The number of sulfone groups is 1. The fraction of sp³-hybridized carbons (Fsp3) is 0.231. The molecule has 0 amide bonds. The normalized spacial score (nSPS) is 15.4. The Bertz CT molecular complexity index is 1410. The van der Waals surface area contributed by atoms with E-state index in [9.17, 15) is 13.2 Å². The van der Waals surface area contributed by atoms with E-state index in [1.807, 2.05) is 48.5 Å². The molecule has 5 rings (SSSR count). The summed E-state index contributed by atoms with van der Waals surface area (Å²) in [5.74, 6) is -0.0905. The molecule has 0 N–H and O–H groups in total. The Labute approximate surface area is 201 Å². The molecule has 2 aromatic carbocycles. The second kappa shape index (κ2) is 8.01. The van der Waals surface area contributed by atoms with Gasteiger partial charge >= 0.3 is 0 Å². The van der Waals surface area contributed by atoms with Gasteiger partial charge in [-0.05, 0) is 23.0 Å². The molecule has 2 aromatic heterocycles. The minimum absolute atomic E-state index is 0.0905. The lowest BCUT2D eigenvalue weighted by Gasteiger charge is -2.29. The van der Waals surface area contributed by atoms with Gasteiger partial charge in [-0.25, -0.2) is 13.4 Å². The molecule has 0 radical (unpaired) electrons. The Morgan fingerprint density at radius 2 is 1.45 bits per heavy atom. The van der Waals surface area contributed by atoms with Gasteiger partial charge in [-0.1, -0.05) is 74.5 Å². The van der Waals surface area contributed by atoms with Gasteiger partial charge in [-0.2, -0.15) is 0 Å². The van der Waals surface area contributed by atoms with E-state index < -0.39 is 9.84 Å². The Morgan fingerprint density at radius 1 is 0.848 bits per heavy atom. The summed E-state index contributed by atoms with van der Waals surface area (Å²) in [4.78, 5) is 19.9. The van der Waals surface area contributed by atoms with Crippen LogP contribution in [0.3, 0.4) is 0 Å². The van der Waals surface area contributed by atoms with Gasteiger partial charge < -0.3 is 0 Å². The molecule has 7 heteroatoms. The number of rotatable bonds is 4. The summed E-state index contributed by atoms with van der Waals surface area (Å²) in [7, 11) is -3.53. The number of fused-ring (bicyclic) bond motifs is 1. The predicted molar refractivity (Wildman–Crippen MR) is 136 cm³/mol. The zero-order valence-corrected chi connectivity index (χ0v) is 21.0. The van der Waals surface area contributed by atoms with E-state index in [4.69, 9.17) is 4.98 Å². The van der Waals surface area contributed by atoms with Crippen LogP contribution >= 0.6 is 22.7 Å². The highest BCUT2D eigenvalue weighted by Crippen LogP contribution is 2.50. The maximum atomic E-state index is 13.1. The van der Waals surface area contributed by atoms with Gasteiger partial charge in [0.25, 0.3) is 0 Å². The highest BCUT2D eigenvalue weighted by atomic mass is 32.2. The number of nitrogens with zero attached hydrogens (tertiary/aromatic N) is 1. The number of carbonyl (C=O) groups is 1. The van der Waals surface area contributed by atoms with Crippen LogP contribution in [0.25, 0.3) is 31.6 Å². The molecular formula is C26H23NO3S3. The van der Waals surface area contributed by atoms with Crippen molar-refractivity contribution in [1.29, 1.82) is 0 Å². The first-order chi connectivity index (χ1) is 15.6. The first kappa shape index (κ1) is 22.2. The van der Waals surface area contributed by atoms with Crippen LogP contribution in [0.5, 0.6) is 0 Å². The number of Topliss-reactive ketones (excluding diaryl/α,β-unsaturated/α-hetero) is 1. The molecule has 1 aliphatic rings.